The van der Waals surface area contributed by atoms with Crippen molar-refractivity contribution >= 4 is 39.4 Å². The lowest BCUT2D eigenvalue weighted by atomic mass is 9.65. The van der Waals surface area contributed by atoms with Gasteiger partial charge >= 0.3 is 0 Å². The number of hydrogen-bond donors (Lipinski definition) is 0. The maximum atomic E-state index is 9.43. The summed E-state index contributed by atoms with van der Waals surface area (Å²) in [5.41, 5.74) is 14.9. The fourth-order valence-electron chi connectivity index (χ4n) is 7.09. The van der Waals surface area contributed by atoms with E-state index in [1.54, 1.807) is 0 Å². The molecule has 2 bridgehead atoms. The Balaban J connectivity index is 1.56. The van der Waals surface area contributed by atoms with Crippen molar-refractivity contribution in [3.8, 4) is 6.07 Å². The van der Waals surface area contributed by atoms with Crippen LogP contribution in [-0.2, 0) is 5.41 Å². The third-order valence-corrected chi connectivity index (χ3v) is 8.86. The van der Waals surface area contributed by atoms with Crippen molar-refractivity contribution in [2.24, 2.45) is 0 Å². The van der Waals surface area contributed by atoms with Gasteiger partial charge in [-0.25, -0.2) is 0 Å². The summed E-state index contributed by atoms with van der Waals surface area (Å²) in [5, 5.41) is 12.0. The average Bonchev–Trinajstić information content (AvgIpc) is 3.11. The van der Waals surface area contributed by atoms with Gasteiger partial charge in [-0.3, -0.25) is 0 Å². The minimum absolute atomic E-state index is 0.0999. The van der Waals surface area contributed by atoms with E-state index in [0.29, 0.717) is 5.56 Å². The first-order chi connectivity index (χ1) is 19.1. The second-order valence-electron chi connectivity index (χ2n) is 11.3. The van der Waals surface area contributed by atoms with Gasteiger partial charge in [-0.1, -0.05) is 86.6 Å². The molecule has 1 aliphatic heterocycles. The molecule has 8 rings (SSSR count). The van der Waals surface area contributed by atoms with Crippen molar-refractivity contribution in [3.05, 3.63) is 148 Å². The number of hydrogen-bond acceptors (Lipinski definition) is 2. The minimum Gasteiger partial charge on any atom is -0.313 e. The quantitative estimate of drug-likeness (QED) is 0.230. The van der Waals surface area contributed by atoms with Gasteiger partial charge in [-0.05, 0) is 86.1 Å². The Morgan fingerprint density at radius 2 is 1.51 bits per heavy atom. The normalized spacial score (nSPS) is 16.0. The van der Waals surface area contributed by atoms with Gasteiger partial charge in [0.1, 0.15) is 0 Å². The van der Waals surface area contributed by atoms with Crippen molar-refractivity contribution < 1.29 is 0 Å². The van der Waals surface area contributed by atoms with Gasteiger partial charge in [0.05, 0.1) is 17.3 Å². The van der Waals surface area contributed by atoms with E-state index in [0.717, 1.165) is 12.1 Å². The van der Waals surface area contributed by atoms with E-state index in [1.807, 2.05) is 12.1 Å². The summed E-state index contributed by atoms with van der Waals surface area (Å²) in [7, 11) is 0. The molecule has 39 heavy (non-hydrogen) atoms. The maximum Gasteiger partial charge on any atom is 0.0991 e. The molecule has 3 aliphatic rings. The zero-order valence-electron chi connectivity index (χ0n) is 22.0. The summed E-state index contributed by atoms with van der Waals surface area (Å²) in [6.45, 7) is 4.72. The van der Waals surface area contributed by atoms with Crippen LogP contribution in [0.25, 0.3) is 28.0 Å². The zero-order valence-corrected chi connectivity index (χ0v) is 22.0. The van der Waals surface area contributed by atoms with E-state index in [-0.39, 0.29) is 5.41 Å². The molecule has 5 aromatic rings. The smallest absolute Gasteiger partial charge is 0.0991 e. The molecule has 1 heterocycles. The highest BCUT2D eigenvalue weighted by atomic mass is 15.2. The summed E-state index contributed by atoms with van der Waals surface area (Å²) >= 11 is 0. The van der Waals surface area contributed by atoms with Crippen LogP contribution in [0.4, 0.5) is 11.4 Å². The van der Waals surface area contributed by atoms with E-state index < -0.39 is 0 Å². The SMILES string of the molecule is CC1(C)c2ccccc2C2=C3CC(=Cc4cccc1c42)N(c1ccc(C#N)cc1)c1ccc2ccccc2c13. The summed E-state index contributed by atoms with van der Waals surface area (Å²) in [5.74, 6) is 0. The van der Waals surface area contributed by atoms with E-state index in [9.17, 15) is 5.26 Å². The molecule has 2 aliphatic carbocycles. The first-order valence-electron chi connectivity index (χ1n) is 13.6. The maximum absolute atomic E-state index is 9.43. The first kappa shape index (κ1) is 22.1. The molecule has 0 unspecified atom stereocenters. The molecule has 0 amide bonds. The molecule has 0 fully saturated rings. The molecule has 2 nitrogen and oxygen atoms in total. The Hall–Kier alpha value is -4.87. The number of fused-ring (bicyclic) bond motifs is 8. The molecule has 2 heteroatoms. The van der Waals surface area contributed by atoms with Gasteiger partial charge in [-0.2, -0.15) is 5.26 Å². The first-order valence-corrected chi connectivity index (χ1v) is 13.6. The summed E-state index contributed by atoms with van der Waals surface area (Å²) in [6, 6.07) is 39.3. The second-order valence-corrected chi connectivity index (χ2v) is 11.3. The van der Waals surface area contributed by atoms with Crippen LogP contribution in [0.2, 0.25) is 0 Å². The van der Waals surface area contributed by atoms with Gasteiger partial charge in [0, 0.05) is 28.8 Å². The summed E-state index contributed by atoms with van der Waals surface area (Å²) in [4.78, 5) is 2.40. The van der Waals surface area contributed by atoms with Gasteiger partial charge in [-0.15, -0.1) is 0 Å². The Morgan fingerprint density at radius 3 is 2.36 bits per heavy atom. The fourth-order valence-corrected chi connectivity index (χ4v) is 7.09. The molecule has 0 spiro atoms. The number of nitrogens with zero attached hydrogens (tertiary/aromatic N) is 2. The Bertz CT molecular complexity index is 1960. The monoisotopic (exact) mass is 498 g/mol. The van der Waals surface area contributed by atoms with Crippen molar-refractivity contribution in [2.75, 3.05) is 4.90 Å². The number of benzene rings is 5. The van der Waals surface area contributed by atoms with Crippen molar-refractivity contribution in [1.29, 1.82) is 5.26 Å². The zero-order chi connectivity index (χ0) is 26.3. The summed E-state index contributed by atoms with van der Waals surface area (Å²) in [6.07, 6.45) is 3.23. The topological polar surface area (TPSA) is 27.0 Å². The third-order valence-electron chi connectivity index (χ3n) is 8.86. The number of anilines is 2. The Kier molecular flexibility index (Phi) is 4.44. The lowest BCUT2D eigenvalue weighted by Gasteiger charge is -2.39. The van der Waals surface area contributed by atoms with Crippen LogP contribution in [0, 0.1) is 11.3 Å². The van der Waals surface area contributed by atoms with Gasteiger partial charge in [0.15, 0.2) is 0 Å². The highest BCUT2D eigenvalue weighted by Gasteiger charge is 2.40. The van der Waals surface area contributed by atoms with Crippen LogP contribution >= 0.6 is 0 Å². The molecule has 0 saturated heterocycles. The standard InChI is InChI=1S/C37H26N2/c1-37(2)31-12-6-5-11-29(31)36-30-21-27(20-25-9-7-13-32(37)34(25)36)39(26-17-14-23(22-38)15-18-26)33-19-16-24-8-3-4-10-28(24)35(30)33/h3-20H,21H2,1-2H3. The van der Waals surface area contributed by atoms with Crippen LogP contribution in [0.5, 0.6) is 0 Å². The van der Waals surface area contributed by atoms with E-state index >= 15 is 0 Å². The van der Waals surface area contributed by atoms with E-state index in [2.05, 4.69) is 122 Å². The molecular weight excluding hydrogens is 472 g/mol. The van der Waals surface area contributed by atoms with E-state index in [4.69, 9.17) is 0 Å². The molecule has 0 atom stereocenters. The van der Waals surface area contributed by atoms with Gasteiger partial charge in [0.25, 0.3) is 0 Å². The lowest BCUT2D eigenvalue weighted by Crippen LogP contribution is -2.27. The van der Waals surface area contributed by atoms with Crippen molar-refractivity contribution in [3.63, 3.8) is 0 Å². The second kappa shape index (κ2) is 7.82. The van der Waals surface area contributed by atoms with Gasteiger partial charge in [0.2, 0.25) is 0 Å². The van der Waals surface area contributed by atoms with Crippen LogP contribution in [0.1, 0.15) is 59.2 Å². The van der Waals surface area contributed by atoms with Crippen molar-refractivity contribution in [2.45, 2.75) is 25.7 Å². The summed E-state index contributed by atoms with van der Waals surface area (Å²) < 4.78 is 0. The van der Waals surface area contributed by atoms with Crippen LogP contribution in [-0.4, -0.2) is 0 Å². The predicted molar refractivity (Wildman–Crippen MR) is 161 cm³/mol. The molecular formula is C37H26N2. The van der Waals surface area contributed by atoms with Gasteiger partial charge < -0.3 is 4.90 Å². The van der Waals surface area contributed by atoms with Crippen LogP contribution < -0.4 is 4.90 Å². The fraction of sp³-hybridized carbons (Fsp3) is 0.108. The van der Waals surface area contributed by atoms with Crippen LogP contribution in [0.3, 0.4) is 0 Å². The lowest BCUT2D eigenvalue weighted by molar-refractivity contribution is 0.630. The molecule has 184 valence electrons. The molecule has 0 aromatic heterocycles. The third kappa shape index (κ3) is 2.96. The number of allylic oxidation sites excluding steroid dienone is 1. The van der Waals surface area contributed by atoms with Crippen LogP contribution in [0.15, 0.2) is 109 Å². The van der Waals surface area contributed by atoms with Crippen molar-refractivity contribution in [1.82, 2.24) is 0 Å². The Labute approximate surface area is 228 Å². The molecule has 0 N–H and O–H groups in total. The highest BCUT2D eigenvalue weighted by Crippen LogP contribution is 2.57. The Morgan fingerprint density at radius 1 is 0.744 bits per heavy atom. The predicted octanol–water partition coefficient (Wildman–Crippen LogP) is 9.21. The average molecular weight is 499 g/mol. The highest BCUT2D eigenvalue weighted by molar-refractivity contribution is 6.15. The minimum atomic E-state index is -0.0999. The van der Waals surface area contributed by atoms with E-state index in [1.165, 1.54) is 66.7 Å². The molecule has 5 aromatic carbocycles. The molecule has 0 saturated carbocycles. The molecule has 0 radical (unpaired) electrons. The largest absolute Gasteiger partial charge is 0.313 e. The number of rotatable bonds is 1. The number of nitriles is 1.